The summed E-state index contributed by atoms with van der Waals surface area (Å²) in [6.07, 6.45) is 2.78. The molecule has 2 heteroatoms. The average molecular weight is 209 g/mol. The Labute approximate surface area is 69.9 Å². The molecule has 0 unspecified atom stereocenters. The first-order chi connectivity index (χ1) is 4.27. The number of hydrogen-bond donors (Lipinski definition) is 0. The largest absolute Gasteiger partial charge is 0.162 e. The lowest BCUT2D eigenvalue weighted by Gasteiger charge is -2.30. The Kier molecular flexibility index (Phi) is 2.90. The molecule has 0 aromatic heterocycles. The molecule has 0 aliphatic carbocycles. The van der Waals surface area contributed by atoms with Gasteiger partial charge in [-0.2, -0.15) is 11.8 Å². The van der Waals surface area contributed by atoms with Crippen molar-refractivity contribution in [2.24, 2.45) is 5.41 Å². The van der Waals surface area contributed by atoms with E-state index in [1.54, 1.807) is 0 Å². The van der Waals surface area contributed by atoms with Crippen LogP contribution < -0.4 is 0 Å². The number of thioether (sulfide) groups is 1. The Balaban J connectivity index is 2.37. The highest BCUT2D eigenvalue weighted by Crippen LogP contribution is 2.35. The minimum absolute atomic E-state index is 0.616. The fraction of sp³-hybridized carbons (Fsp3) is 1.00. The summed E-state index contributed by atoms with van der Waals surface area (Å²) in [6, 6.07) is 0. The molecule has 1 saturated heterocycles. The molecule has 54 valence electrons. The third-order valence-electron chi connectivity index (χ3n) is 2.02. The normalized spacial score (nSPS) is 26.0. The predicted molar refractivity (Wildman–Crippen MR) is 48.5 cm³/mol. The van der Waals surface area contributed by atoms with Crippen LogP contribution in [0.5, 0.6) is 0 Å². The first-order valence-corrected chi connectivity index (χ1v) is 5.68. The van der Waals surface area contributed by atoms with Gasteiger partial charge in [0.05, 0.1) is 0 Å². The second-order valence-electron chi connectivity index (χ2n) is 3.06. The third kappa shape index (κ3) is 2.15. The first kappa shape index (κ1) is 7.93. The van der Waals surface area contributed by atoms with Crippen LogP contribution in [0, 0.1) is 5.41 Å². The summed E-state index contributed by atoms with van der Waals surface area (Å²) >= 11 is 5.65. The molecule has 0 spiro atoms. The molecule has 9 heavy (non-hydrogen) atoms. The molecule has 1 fully saturated rings. The fourth-order valence-electron chi connectivity index (χ4n) is 0.998. The van der Waals surface area contributed by atoms with Gasteiger partial charge in [0.25, 0.3) is 0 Å². The van der Waals surface area contributed by atoms with Gasteiger partial charge in [-0.3, -0.25) is 0 Å². The van der Waals surface area contributed by atoms with Crippen LogP contribution in [0.3, 0.4) is 0 Å². The topological polar surface area (TPSA) is 0 Å². The van der Waals surface area contributed by atoms with E-state index in [0.29, 0.717) is 5.41 Å². The summed E-state index contributed by atoms with van der Waals surface area (Å²) in [7, 11) is 0. The number of rotatable bonds is 1. The molecule has 0 N–H and O–H groups in total. The third-order valence-corrected chi connectivity index (χ3v) is 4.36. The Morgan fingerprint density at radius 2 is 2.00 bits per heavy atom. The highest BCUT2D eigenvalue weighted by molar-refractivity contribution is 9.09. The van der Waals surface area contributed by atoms with Crippen molar-refractivity contribution in [1.29, 1.82) is 0 Å². The lowest BCUT2D eigenvalue weighted by atomic mass is 9.87. The van der Waals surface area contributed by atoms with Crippen LogP contribution in [0.1, 0.15) is 19.8 Å². The molecule has 0 atom stereocenters. The maximum atomic E-state index is 3.56. The van der Waals surface area contributed by atoms with Crippen LogP contribution in [-0.2, 0) is 0 Å². The van der Waals surface area contributed by atoms with Gasteiger partial charge in [0, 0.05) is 5.33 Å². The molecule has 0 radical (unpaired) electrons. The van der Waals surface area contributed by atoms with E-state index in [2.05, 4.69) is 34.6 Å². The quantitative estimate of drug-likeness (QED) is 0.598. The van der Waals surface area contributed by atoms with Gasteiger partial charge in [0.1, 0.15) is 0 Å². The van der Waals surface area contributed by atoms with Crippen LogP contribution in [0.15, 0.2) is 0 Å². The smallest absolute Gasteiger partial charge is 0.00859 e. The van der Waals surface area contributed by atoms with Crippen molar-refractivity contribution in [2.45, 2.75) is 19.8 Å². The van der Waals surface area contributed by atoms with Crippen LogP contribution in [0.25, 0.3) is 0 Å². The Bertz CT molecular complexity index is 86.9. The van der Waals surface area contributed by atoms with Crippen molar-refractivity contribution >= 4 is 27.7 Å². The summed E-state index contributed by atoms with van der Waals surface area (Å²) in [5, 5.41) is 1.18. The van der Waals surface area contributed by atoms with Crippen molar-refractivity contribution in [3.05, 3.63) is 0 Å². The van der Waals surface area contributed by atoms with Crippen molar-refractivity contribution in [2.75, 3.05) is 16.8 Å². The van der Waals surface area contributed by atoms with Gasteiger partial charge < -0.3 is 0 Å². The molecular formula is C7H13BrS. The summed E-state index contributed by atoms with van der Waals surface area (Å²) in [5.74, 6) is 2.73. The fourth-order valence-corrected chi connectivity index (χ4v) is 3.04. The minimum atomic E-state index is 0.616. The molecule has 1 aliphatic heterocycles. The van der Waals surface area contributed by atoms with Gasteiger partial charge in [-0.05, 0) is 29.8 Å². The second-order valence-corrected chi connectivity index (χ2v) is 4.84. The summed E-state index contributed by atoms with van der Waals surface area (Å²) in [4.78, 5) is 0. The molecule has 0 nitrogen and oxygen atoms in total. The Morgan fingerprint density at radius 3 is 2.33 bits per heavy atom. The lowest BCUT2D eigenvalue weighted by Crippen LogP contribution is -2.23. The van der Waals surface area contributed by atoms with E-state index in [-0.39, 0.29) is 0 Å². The molecule has 0 saturated carbocycles. The van der Waals surface area contributed by atoms with E-state index in [9.17, 15) is 0 Å². The van der Waals surface area contributed by atoms with E-state index >= 15 is 0 Å². The van der Waals surface area contributed by atoms with E-state index in [1.807, 2.05) is 0 Å². The zero-order valence-corrected chi connectivity index (χ0v) is 8.22. The summed E-state index contributed by atoms with van der Waals surface area (Å²) in [6.45, 7) is 2.38. The standard InChI is InChI=1S/C7H13BrS/c1-7(6-8)2-4-9-5-3-7/h2-6H2,1H3. The van der Waals surface area contributed by atoms with Crippen LogP contribution in [0.4, 0.5) is 0 Å². The molecule has 0 bridgehead atoms. The first-order valence-electron chi connectivity index (χ1n) is 3.41. The zero-order chi connectivity index (χ0) is 6.74. The van der Waals surface area contributed by atoms with Gasteiger partial charge in [0.2, 0.25) is 0 Å². The van der Waals surface area contributed by atoms with E-state index in [4.69, 9.17) is 0 Å². The number of alkyl halides is 1. The Morgan fingerprint density at radius 1 is 1.44 bits per heavy atom. The van der Waals surface area contributed by atoms with Gasteiger partial charge >= 0.3 is 0 Å². The van der Waals surface area contributed by atoms with Crippen molar-refractivity contribution in [3.8, 4) is 0 Å². The monoisotopic (exact) mass is 208 g/mol. The second kappa shape index (κ2) is 3.29. The SMILES string of the molecule is CC1(CBr)CCSCC1. The summed E-state index contributed by atoms with van der Waals surface area (Å²) in [5.41, 5.74) is 0.616. The molecule has 0 aromatic carbocycles. The molecule has 0 amide bonds. The lowest BCUT2D eigenvalue weighted by molar-refractivity contribution is 0.348. The minimum Gasteiger partial charge on any atom is -0.162 e. The van der Waals surface area contributed by atoms with Crippen molar-refractivity contribution < 1.29 is 0 Å². The summed E-state index contributed by atoms with van der Waals surface area (Å²) < 4.78 is 0. The number of hydrogen-bond acceptors (Lipinski definition) is 1. The van der Waals surface area contributed by atoms with Gasteiger partial charge in [-0.15, -0.1) is 0 Å². The van der Waals surface area contributed by atoms with Crippen LogP contribution in [-0.4, -0.2) is 16.8 Å². The molecular weight excluding hydrogens is 196 g/mol. The van der Waals surface area contributed by atoms with Crippen LogP contribution in [0.2, 0.25) is 0 Å². The Hall–Kier alpha value is 0.830. The molecule has 0 aromatic rings. The molecule has 1 rings (SSSR count). The maximum Gasteiger partial charge on any atom is 0.00859 e. The van der Waals surface area contributed by atoms with Crippen molar-refractivity contribution in [1.82, 2.24) is 0 Å². The predicted octanol–water partition coefficient (Wildman–Crippen LogP) is 2.91. The van der Waals surface area contributed by atoms with E-state index in [0.717, 1.165) is 0 Å². The highest BCUT2D eigenvalue weighted by Gasteiger charge is 2.25. The number of halogens is 1. The maximum absolute atomic E-state index is 3.56. The average Bonchev–Trinajstić information content (AvgIpc) is 1.90. The van der Waals surface area contributed by atoms with Gasteiger partial charge in [-0.25, -0.2) is 0 Å². The van der Waals surface area contributed by atoms with E-state index in [1.165, 1.54) is 29.7 Å². The van der Waals surface area contributed by atoms with E-state index < -0.39 is 0 Å². The van der Waals surface area contributed by atoms with Gasteiger partial charge in [-0.1, -0.05) is 22.9 Å². The molecule has 1 heterocycles. The van der Waals surface area contributed by atoms with Crippen molar-refractivity contribution in [3.63, 3.8) is 0 Å². The zero-order valence-electron chi connectivity index (χ0n) is 5.82. The van der Waals surface area contributed by atoms with Gasteiger partial charge in [0.15, 0.2) is 0 Å². The molecule has 1 aliphatic rings. The van der Waals surface area contributed by atoms with Crippen LogP contribution >= 0.6 is 27.7 Å². The highest BCUT2D eigenvalue weighted by atomic mass is 79.9.